The second-order valence-corrected chi connectivity index (χ2v) is 14.5. The van der Waals surface area contributed by atoms with E-state index in [1.165, 1.54) is 16.4 Å². The summed E-state index contributed by atoms with van der Waals surface area (Å²) in [6, 6.07) is 10.6. The van der Waals surface area contributed by atoms with Gasteiger partial charge in [-0.05, 0) is 55.9 Å². The fraction of sp³-hybridized carbons (Fsp3) is 0.444. The van der Waals surface area contributed by atoms with Gasteiger partial charge in [0.15, 0.2) is 11.6 Å². The molecule has 0 radical (unpaired) electrons. The second-order valence-electron chi connectivity index (χ2n) is 11.3. The van der Waals surface area contributed by atoms with Crippen molar-refractivity contribution in [1.82, 2.24) is 4.31 Å². The number of hydrogen-bond donors (Lipinski definition) is 3. The lowest BCUT2D eigenvalue weighted by molar-refractivity contribution is -0.125. The van der Waals surface area contributed by atoms with Crippen LogP contribution in [-0.2, 0) is 30.4 Å². The molecule has 2 aromatic rings. The third kappa shape index (κ3) is 4.95. The van der Waals surface area contributed by atoms with Crippen LogP contribution in [0.2, 0.25) is 0 Å². The summed E-state index contributed by atoms with van der Waals surface area (Å²) in [5.74, 6) is -2.28. The lowest BCUT2D eigenvalue weighted by Gasteiger charge is -2.39. The molecule has 2 aliphatic heterocycles. The molecule has 3 atom stereocenters. The minimum Gasteiger partial charge on any atom is -0.341 e. The zero-order chi connectivity index (χ0) is 29.0. The third-order valence-corrected chi connectivity index (χ3v) is 10.7. The van der Waals surface area contributed by atoms with E-state index < -0.39 is 43.1 Å². The molecule has 0 spiro atoms. The van der Waals surface area contributed by atoms with Crippen LogP contribution in [0.4, 0.5) is 11.4 Å². The maximum Gasteiger partial charge on any atom is 0.301 e. The van der Waals surface area contributed by atoms with Crippen LogP contribution in [-0.4, -0.2) is 57.7 Å². The van der Waals surface area contributed by atoms with E-state index in [-0.39, 0.29) is 41.2 Å². The van der Waals surface area contributed by atoms with Crippen molar-refractivity contribution in [2.45, 2.75) is 56.4 Å². The smallest absolute Gasteiger partial charge is 0.301 e. The number of rotatable bonds is 7. The molecule has 2 aromatic carbocycles. The molecule has 3 aliphatic rings. The Morgan fingerprint density at radius 3 is 2.60 bits per heavy atom. The number of Topliss-reactive ketones (excluding diaryl/α,β-unsaturated/α-hetero) is 2. The van der Waals surface area contributed by atoms with E-state index in [0.29, 0.717) is 29.9 Å². The third-order valence-electron chi connectivity index (χ3n) is 7.87. The molecular weight excluding hydrogens is 554 g/mol. The first-order valence-corrected chi connectivity index (χ1v) is 16.1. The molecule has 40 heavy (non-hydrogen) atoms. The van der Waals surface area contributed by atoms with Crippen molar-refractivity contribution < 1.29 is 26.4 Å². The highest BCUT2D eigenvalue weighted by Crippen LogP contribution is 2.43. The van der Waals surface area contributed by atoms with Crippen molar-refractivity contribution in [2.75, 3.05) is 23.1 Å². The SMILES string of the molecule is CC(C)CCC1(C)C(=O)C(C2=NS(=O)(=O)c3cc(NS(=O)(=O)N4CCC(N)C4)ccc3N2)C(=O)c2ccccc21. The van der Waals surface area contributed by atoms with Gasteiger partial charge in [-0.25, -0.2) is 0 Å². The Kier molecular flexibility index (Phi) is 7.14. The van der Waals surface area contributed by atoms with Gasteiger partial charge in [-0.2, -0.15) is 21.1 Å². The predicted octanol–water partition coefficient (Wildman–Crippen LogP) is 2.66. The van der Waals surface area contributed by atoms with Gasteiger partial charge in [0.05, 0.1) is 16.8 Å². The van der Waals surface area contributed by atoms with E-state index >= 15 is 0 Å². The minimum absolute atomic E-state index is 0.0308. The summed E-state index contributed by atoms with van der Waals surface area (Å²) < 4.78 is 59.6. The van der Waals surface area contributed by atoms with Crippen LogP contribution in [0.3, 0.4) is 0 Å². The number of nitrogens with two attached hydrogens (primary N) is 1. The van der Waals surface area contributed by atoms with Gasteiger partial charge >= 0.3 is 10.2 Å². The molecule has 0 bridgehead atoms. The van der Waals surface area contributed by atoms with Crippen LogP contribution in [0.1, 0.15) is 56.0 Å². The molecule has 1 fully saturated rings. The molecule has 4 N–H and O–H groups in total. The van der Waals surface area contributed by atoms with Gasteiger partial charge in [-0.3, -0.25) is 14.3 Å². The summed E-state index contributed by atoms with van der Waals surface area (Å²) >= 11 is 0. The van der Waals surface area contributed by atoms with Gasteiger partial charge in [-0.1, -0.05) is 38.1 Å². The van der Waals surface area contributed by atoms with Crippen LogP contribution in [0.15, 0.2) is 51.8 Å². The summed E-state index contributed by atoms with van der Waals surface area (Å²) in [6.07, 6.45) is 1.76. The maximum atomic E-state index is 14.0. The molecule has 11 nitrogen and oxygen atoms in total. The fourth-order valence-corrected chi connectivity index (χ4v) is 8.01. The van der Waals surface area contributed by atoms with Crippen LogP contribution >= 0.6 is 0 Å². The summed E-state index contributed by atoms with van der Waals surface area (Å²) in [6.45, 7) is 6.33. The summed E-state index contributed by atoms with van der Waals surface area (Å²) in [7, 11) is -8.32. The number of benzene rings is 2. The Bertz CT molecular complexity index is 1640. The van der Waals surface area contributed by atoms with E-state index in [9.17, 15) is 26.4 Å². The average Bonchev–Trinajstić information content (AvgIpc) is 3.34. The Balaban J connectivity index is 1.49. The number of carbonyl (C=O) groups excluding carboxylic acids is 2. The number of sulfonamides is 1. The van der Waals surface area contributed by atoms with Gasteiger partial charge in [0.2, 0.25) is 0 Å². The number of anilines is 2. The van der Waals surface area contributed by atoms with Crippen LogP contribution in [0.25, 0.3) is 0 Å². The van der Waals surface area contributed by atoms with Crippen molar-refractivity contribution in [2.24, 2.45) is 22.0 Å². The van der Waals surface area contributed by atoms with Crippen molar-refractivity contribution >= 4 is 49.0 Å². The van der Waals surface area contributed by atoms with Crippen molar-refractivity contribution in [1.29, 1.82) is 0 Å². The highest BCUT2D eigenvalue weighted by Gasteiger charge is 2.51. The summed E-state index contributed by atoms with van der Waals surface area (Å²) in [4.78, 5) is 27.3. The first-order valence-electron chi connectivity index (χ1n) is 13.2. The number of fused-ring (bicyclic) bond motifs is 2. The average molecular weight is 588 g/mol. The van der Waals surface area contributed by atoms with Gasteiger partial charge in [0.1, 0.15) is 16.6 Å². The van der Waals surface area contributed by atoms with Gasteiger partial charge in [0.25, 0.3) is 10.0 Å². The Hall–Kier alpha value is -3.13. The Morgan fingerprint density at radius 1 is 1.20 bits per heavy atom. The lowest BCUT2D eigenvalue weighted by Crippen LogP contribution is -2.51. The van der Waals surface area contributed by atoms with Gasteiger partial charge < -0.3 is 11.1 Å². The monoisotopic (exact) mass is 587 g/mol. The zero-order valence-electron chi connectivity index (χ0n) is 22.5. The molecule has 0 aromatic heterocycles. The van der Waals surface area contributed by atoms with E-state index in [1.54, 1.807) is 31.2 Å². The van der Waals surface area contributed by atoms with Crippen LogP contribution in [0, 0.1) is 11.8 Å². The molecule has 1 aliphatic carbocycles. The van der Waals surface area contributed by atoms with Gasteiger partial charge in [0, 0.05) is 24.7 Å². The number of carbonyl (C=O) groups is 2. The number of ketones is 2. The van der Waals surface area contributed by atoms with Crippen molar-refractivity contribution in [3.05, 3.63) is 53.6 Å². The van der Waals surface area contributed by atoms with Crippen LogP contribution < -0.4 is 15.8 Å². The molecule has 13 heteroatoms. The predicted molar refractivity (Wildman–Crippen MR) is 152 cm³/mol. The Labute approximate surface area is 234 Å². The number of amidine groups is 1. The number of nitrogens with zero attached hydrogens (tertiary/aromatic N) is 2. The van der Waals surface area contributed by atoms with Gasteiger partial charge in [-0.15, -0.1) is 4.40 Å². The quantitative estimate of drug-likeness (QED) is 0.416. The molecule has 0 saturated carbocycles. The Morgan fingerprint density at radius 2 is 1.93 bits per heavy atom. The molecule has 2 heterocycles. The molecule has 0 amide bonds. The minimum atomic E-state index is -4.38. The topological polar surface area (TPSA) is 168 Å². The van der Waals surface area contributed by atoms with Crippen LogP contribution in [0.5, 0.6) is 0 Å². The van der Waals surface area contributed by atoms with E-state index in [0.717, 1.165) is 12.5 Å². The zero-order valence-corrected chi connectivity index (χ0v) is 24.2. The summed E-state index contributed by atoms with van der Waals surface area (Å²) in [5.41, 5.74) is 5.96. The first kappa shape index (κ1) is 28.4. The lowest BCUT2D eigenvalue weighted by atomic mass is 9.63. The van der Waals surface area contributed by atoms with E-state index in [4.69, 9.17) is 5.73 Å². The number of hydrogen-bond acceptors (Lipinski definition) is 8. The van der Waals surface area contributed by atoms with E-state index in [2.05, 4.69) is 28.3 Å². The normalized spacial score (nSPS) is 26.2. The molecule has 3 unspecified atom stereocenters. The standard InChI is InChI=1S/C27H33N5O6S2/c1-16(2)10-12-27(3)20-7-5-4-6-19(20)24(33)23(25(27)34)26-29-21-9-8-18(14-22(21)39(35,36)31-26)30-40(37,38)32-13-11-17(28)15-32/h4-9,14,16-17,23,30H,10-13,15,28H2,1-3H3,(H,29,31). The molecular formula is C27H33N5O6S2. The van der Waals surface area contributed by atoms with Crippen molar-refractivity contribution in [3.63, 3.8) is 0 Å². The highest BCUT2D eigenvalue weighted by molar-refractivity contribution is 7.91. The maximum absolute atomic E-state index is 14.0. The van der Waals surface area contributed by atoms with Crippen molar-refractivity contribution in [3.8, 4) is 0 Å². The van der Waals surface area contributed by atoms with E-state index in [1.807, 2.05) is 0 Å². The highest BCUT2D eigenvalue weighted by atomic mass is 32.2. The number of nitrogens with one attached hydrogen (secondary N) is 2. The second kappa shape index (κ2) is 10.1. The molecule has 214 valence electrons. The first-order chi connectivity index (χ1) is 18.7. The molecule has 1 saturated heterocycles. The fourth-order valence-electron chi connectivity index (χ4n) is 5.54. The molecule has 5 rings (SSSR count). The largest absolute Gasteiger partial charge is 0.341 e. The summed E-state index contributed by atoms with van der Waals surface area (Å²) in [5, 5.41) is 2.89.